The lowest BCUT2D eigenvalue weighted by Gasteiger charge is -2.32. The van der Waals surface area contributed by atoms with E-state index in [-0.39, 0.29) is 5.91 Å². The summed E-state index contributed by atoms with van der Waals surface area (Å²) < 4.78 is 5.21. The molecule has 3 N–H and O–H groups in total. The Morgan fingerprint density at radius 2 is 2.33 bits per heavy atom. The lowest BCUT2D eigenvalue weighted by atomic mass is 9.99. The van der Waals surface area contributed by atoms with Gasteiger partial charge in [0.05, 0.1) is 6.61 Å². The number of hydrogen-bond acceptors (Lipinski definition) is 6. The fourth-order valence-corrected chi connectivity index (χ4v) is 3.64. The first-order valence-electron chi connectivity index (χ1n) is 7.48. The van der Waals surface area contributed by atoms with E-state index in [1.165, 1.54) is 24.2 Å². The normalized spacial score (nSPS) is 22.3. The van der Waals surface area contributed by atoms with E-state index in [2.05, 4.69) is 10.3 Å². The number of carbonyl (C=O) groups is 1. The summed E-state index contributed by atoms with van der Waals surface area (Å²) in [4.78, 5) is 19.4. The van der Waals surface area contributed by atoms with Gasteiger partial charge in [0.25, 0.3) is 5.91 Å². The number of anilines is 2. The van der Waals surface area contributed by atoms with Crippen molar-refractivity contribution in [3.63, 3.8) is 0 Å². The Hall–Kier alpha value is -1.34. The highest BCUT2D eigenvalue weighted by atomic mass is 32.1. The second-order valence-electron chi connectivity index (χ2n) is 5.87. The number of methoxy groups -OCH3 is 1. The number of hydrogen-bond donors (Lipinski definition) is 2. The molecule has 3 rings (SSSR count). The lowest BCUT2D eigenvalue weighted by molar-refractivity contribution is 0.0576. The molecule has 1 aliphatic carbocycles. The van der Waals surface area contributed by atoms with Crippen LogP contribution in [0.2, 0.25) is 0 Å². The quantitative estimate of drug-likeness (QED) is 0.867. The zero-order chi connectivity index (χ0) is 14.8. The van der Waals surface area contributed by atoms with E-state index >= 15 is 0 Å². The highest BCUT2D eigenvalue weighted by Gasteiger charge is 2.29. The maximum absolute atomic E-state index is 12.6. The summed E-state index contributed by atoms with van der Waals surface area (Å²) in [6, 6.07) is 0.513. The summed E-state index contributed by atoms with van der Waals surface area (Å²) in [5.41, 5.74) is 5.93. The molecule has 1 saturated heterocycles. The van der Waals surface area contributed by atoms with Gasteiger partial charge >= 0.3 is 0 Å². The predicted octanol–water partition coefficient (Wildman–Crippen LogP) is 1.80. The molecular weight excluding hydrogens is 288 g/mol. The summed E-state index contributed by atoms with van der Waals surface area (Å²) in [5, 5.41) is 4.07. The number of likely N-dealkylation sites (tertiary alicyclic amines) is 1. The first-order chi connectivity index (χ1) is 10.2. The van der Waals surface area contributed by atoms with Crippen LogP contribution in [0, 0.1) is 5.92 Å². The Morgan fingerprint density at radius 3 is 3.05 bits per heavy atom. The molecule has 1 aromatic rings. The molecule has 2 heterocycles. The van der Waals surface area contributed by atoms with E-state index in [1.807, 2.05) is 4.90 Å². The average molecular weight is 310 g/mol. The van der Waals surface area contributed by atoms with Crippen molar-refractivity contribution in [2.24, 2.45) is 5.92 Å². The highest BCUT2D eigenvalue weighted by Crippen LogP contribution is 2.32. The summed E-state index contributed by atoms with van der Waals surface area (Å²) >= 11 is 1.37. The fourth-order valence-electron chi connectivity index (χ4n) is 2.71. The maximum atomic E-state index is 12.6. The standard InChI is InChI=1S/C14H22N4O2S/c1-20-8-9-3-2-6-18(7-9)13(19)11-12(15)17-14(21-11)16-10-4-5-10/h9-10H,2-8,15H2,1H3,(H,16,17). The third-order valence-corrected chi connectivity index (χ3v) is 4.95. The number of carbonyl (C=O) groups excluding carboxylic acids is 1. The number of piperidine rings is 1. The molecule has 2 fully saturated rings. The molecule has 116 valence electrons. The number of nitrogens with zero attached hydrogens (tertiary/aromatic N) is 2. The number of nitrogens with two attached hydrogens (primary N) is 1. The second kappa shape index (κ2) is 6.19. The van der Waals surface area contributed by atoms with Crippen molar-refractivity contribution in [3.05, 3.63) is 4.88 Å². The molecule has 0 bridgehead atoms. The van der Waals surface area contributed by atoms with E-state index in [9.17, 15) is 4.79 Å². The van der Waals surface area contributed by atoms with Crippen LogP contribution >= 0.6 is 11.3 Å². The van der Waals surface area contributed by atoms with Crippen LogP contribution in [0.4, 0.5) is 10.9 Å². The van der Waals surface area contributed by atoms with E-state index in [4.69, 9.17) is 10.5 Å². The Bertz CT molecular complexity index is 513. The van der Waals surface area contributed by atoms with Crippen LogP contribution in [0.25, 0.3) is 0 Å². The van der Waals surface area contributed by atoms with Gasteiger partial charge in [-0.3, -0.25) is 4.79 Å². The van der Waals surface area contributed by atoms with Crippen LogP contribution in [0.1, 0.15) is 35.4 Å². The zero-order valence-corrected chi connectivity index (χ0v) is 13.1. The molecule has 1 atom stereocenters. The van der Waals surface area contributed by atoms with Crippen LogP contribution in [0.15, 0.2) is 0 Å². The van der Waals surface area contributed by atoms with Crippen molar-refractivity contribution >= 4 is 28.2 Å². The van der Waals surface area contributed by atoms with E-state index in [0.717, 1.165) is 31.1 Å². The maximum Gasteiger partial charge on any atom is 0.267 e. The minimum absolute atomic E-state index is 0.00894. The van der Waals surface area contributed by atoms with Gasteiger partial charge < -0.3 is 20.7 Å². The van der Waals surface area contributed by atoms with E-state index in [1.54, 1.807) is 7.11 Å². The molecule has 1 aromatic heterocycles. The molecule has 2 aliphatic rings. The average Bonchev–Trinajstić information content (AvgIpc) is 3.21. The Balaban J connectivity index is 1.67. The van der Waals surface area contributed by atoms with Crippen molar-refractivity contribution in [1.29, 1.82) is 0 Å². The van der Waals surface area contributed by atoms with Crippen molar-refractivity contribution in [3.8, 4) is 0 Å². The largest absolute Gasteiger partial charge is 0.384 e. The first-order valence-corrected chi connectivity index (χ1v) is 8.30. The Morgan fingerprint density at radius 1 is 1.52 bits per heavy atom. The molecule has 0 spiro atoms. The van der Waals surface area contributed by atoms with Crippen LogP contribution in [0.5, 0.6) is 0 Å². The summed E-state index contributed by atoms with van der Waals surface area (Å²) in [7, 11) is 1.71. The Kier molecular flexibility index (Phi) is 4.30. The molecule has 7 heteroatoms. The van der Waals surface area contributed by atoms with Gasteiger partial charge in [0.2, 0.25) is 0 Å². The number of ether oxygens (including phenoxy) is 1. The smallest absolute Gasteiger partial charge is 0.267 e. The highest BCUT2D eigenvalue weighted by molar-refractivity contribution is 7.18. The molecule has 0 aromatic carbocycles. The van der Waals surface area contributed by atoms with Crippen LogP contribution in [-0.4, -0.2) is 48.6 Å². The van der Waals surface area contributed by atoms with Gasteiger partial charge in [0, 0.05) is 26.2 Å². The van der Waals surface area contributed by atoms with Crippen molar-refractivity contribution in [2.45, 2.75) is 31.7 Å². The molecule has 1 aliphatic heterocycles. The van der Waals surface area contributed by atoms with Crippen LogP contribution in [0.3, 0.4) is 0 Å². The zero-order valence-electron chi connectivity index (χ0n) is 12.3. The van der Waals surface area contributed by atoms with Gasteiger partial charge in [-0.05, 0) is 31.6 Å². The summed E-state index contributed by atoms with van der Waals surface area (Å²) in [6.45, 7) is 2.24. The molecular formula is C14H22N4O2S. The van der Waals surface area contributed by atoms with Gasteiger partial charge in [0.15, 0.2) is 5.13 Å². The van der Waals surface area contributed by atoms with Crippen molar-refractivity contribution < 1.29 is 9.53 Å². The van der Waals surface area contributed by atoms with E-state index < -0.39 is 0 Å². The lowest BCUT2D eigenvalue weighted by Crippen LogP contribution is -2.41. The minimum atomic E-state index is 0.00894. The number of nitrogens with one attached hydrogen (secondary N) is 1. The second-order valence-corrected chi connectivity index (χ2v) is 6.87. The van der Waals surface area contributed by atoms with Gasteiger partial charge in [-0.15, -0.1) is 0 Å². The number of nitrogen functional groups attached to an aromatic ring is 1. The molecule has 1 saturated carbocycles. The molecule has 6 nitrogen and oxygen atoms in total. The topological polar surface area (TPSA) is 80.5 Å². The Labute approximate surface area is 128 Å². The van der Waals surface area contributed by atoms with Gasteiger partial charge in [0.1, 0.15) is 10.7 Å². The van der Waals surface area contributed by atoms with Crippen LogP contribution < -0.4 is 11.1 Å². The monoisotopic (exact) mass is 310 g/mol. The molecule has 1 unspecified atom stereocenters. The SMILES string of the molecule is COCC1CCCN(C(=O)c2sc(NC3CC3)nc2N)C1. The molecule has 1 amide bonds. The minimum Gasteiger partial charge on any atom is -0.384 e. The predicted molar refractivity (Wildman–Crippen MR) is 83.7 cm³/mol. The first kappa shape index (κ1) is 14.6. The number of aromatic nitrogens is 1. The summed E-state index contributed by atoms with van der Waals surface area (Å²) in [6.07, 6.45) is 4.48. The van der Waals surface area contributed by atoms with Crippen molar-refractivity contribution in [1.82, 2.24) is 9.88 Å². The van der Waals surface area contributed by atoms with Crippen LogP contribution in [-0.2, 0) is 4.74 Å². The number of thiazole rings is 1. The van der Waals surface area contributed by atoms with Crippen molar-refractivity contribution in [2.75, 3.05) is 37.9 Å². The summed E-state index contributed by atoms with van der Waals surface area (Å²) in [5.74, 6) is 0.780. The third kappa shape index (κ3) is 3.47. The fraction of sp³-hybridized carbons (Fsp3) is 0.714. The van der Waals surface area contributed by atoms with Gasteiger partial charge in [-0.2, -0.15) is 0 Å². The third-order valence-electron chi connectivity index (χ3n) is 3.96. The number of amides is 1. The van der Waals surface area contributed by atoms with E-state index in [0.29, 0.717) is 29.3 Å². The number of rotatable bonds is 5. The molecule has 21 heavy (non-hydrogen) atoms. The van der Waals surface area contributed by atoms with Gasteiger partial charge in [-0.1, -0.05) is 11.3 Å². The van der Waals surface area contributed by atoms with Gasteiger partial charge in [-0.25, -0.2) is 4.98 Å². The molecule has 0 radical (unpaired) electrons.